The molecule has 0 aliphatic carbocycles. The number of aryl methyl sites for hydroxylation is 1. The quantitative estimate of drug-likeness (QED) is 0.830. The second kappa shape index (κ2) is 7.82. The van der Waals surface area contributed by atoms with Gasteiger partial charge in [0.25, 0.3) is 0 Å². The fraction of sp³-hybridized carbons (Fsp3) is 0.471. The Hall–Kier alpha value is -1.48. The molecule has 1 N–H and O–H groups in total. The molecule has 0 unspecified atom stereocenters. The number of hydrogen-bond acceptors (Lipinski definition) is 6. The number of sulfonamides is 1. The number of hydrogen-bond donors (Lipinski definition) is 1. The van der Waals surface area contributed by atoms with Gasteiger partial charge in [-0.15, -0.1) is 11.3 Å². The summed E-state index contributed by atoms with van der Waals surface area (Å²) in [5.74, 6) is 0.852. The maximum atomic E-state index is 11.5. The number of nitrogens with zero attached hydrogens (tertiary/aromatic N) is 1. The van der Waals surface area contributed by atoms with Crippen LogP contribution in [0.1, 0.15) is 11.4 Å². The maximum absolute atomic E-state index is 11.5. The smallest absolute Gasteiger partial charge is 0.209 e. The summed E-state index contributed by atoms with van der Waals surface area (Å²) in [7, 11) is -3.27. The van der Waals surface area contributed by atoms with E-state index < -0.39 is 10.0 Å². The highest BCUT2D eigenvalue weighted by atomic mass is 32.2. The van der Waals surface area contributed by atoms with Crippen LogP contribution in [0.15, 0.2) is 29.6 Å². The Morgan fingerprint density at radius 1 is 1.36 bits per heavy atom. The SMILES string of the molecule is Cc1nc(-c2ccc(OC[C@H]3CCOC[C@@H]3NS(C)(=O)=O)cc2)cs1. The van der Waals surface area contributed by atoms with Crippen LogP contribution in [0, 0.1) is 12.8 Å². The van der Waals surface area contributed by atoms with E-state index in [2.05, 4.69) is 9.71 Å². The van der Waals surface area contributed by atoms with Crippen LogP contribution in [-0.2, 0) is 14.8 Å². The third-order valence-corrected chi connectivity index (χ3v) is 5.60. The minimum absolute atomic E-state index is 0.0874. The van der Waals surface area contributed by atoms with E-state index in [9.17, 15) is 8.42 Å². The van der Waals surface area contributed by atoms with Crippen LogP contribution in [0.4, 0.5) is 0 Å². The summed E-state index contributed by atoms with van der Waals surface area (Å²) in [5, 5.41) is 3.08. The van der Waals surface area contributed by atoms with Crippen molar-refractivity contribution in [2.45, 2.75) is 19.4 Å². The standard InChI is InChI=1S/C17H22N2O4S2/c1-12-18-17(11-24-12)13-3-5-15(6-4-13)23-9-14-7-8-22-10-16(14)19-25(2,20)21/h3-6,11,14,16,19H,7-10H2,1-2H3/t14-,16+/m1/s1. The molecule has 25 heavy (non-hydrogen) atoms. The lowest BCUT2D eigenvalue weighted by atomic mass is 9.97. The van der Waals surface area contributed by atoms with E-state index >= 15 is 0 Å². The molecule has 2 heterocycles. The van der Waals surface area contributed by atoms with Crippen LogP contribution < -0.4 is 9.46 Å². The molecule has 1 fully saturated rings. The number of nitrogens with one attached hydrogen (secondary N) is 1. The number of rotatable bonds is 6. The van der Waals surface area contributed by atoms with Gasteiger partial charge in [-0.2, -0.15) is 0 Å². The number of aromatic nitrogens is 1. The second-order valence-corrected chi connectivity index (χ2v) is 9.05. The highest BCUT2D eigenvalue weighted by Crippen LogP contribution is 2.25. The fourth-order valence-corrected chi connectivity index (χ4v) is 4.24. The summed E-state index contributed by atoms with van der Waals surface area (Å²) in [4.78, 5) is 4.47. The lowest BCUT2D eigenvalue weighted by molar-refractivity contribution is 0.0275. The van der Waals surface area contributed by atoms with Gasteiger partial charge in [0.15, 0.2) is 0 Å². The van der Waals surface area contributed by atoms with Gasteiger partial charge in [0.2, 0.25) is 10.0 Å². The minimum atomic E-state index is -3.27. The van der Waals surface area contributed by atoms with Crippen molar-refractivity contribution >= 4 is 21.4 Å². The van der Waals surface area contributed by atoms with E-state index in [1.807, 2.05) is 36.6 Å². The largest absolute Gasteiger partial charge is 0.493 e. The molecule has 3 rings (SSSR count). The van der Waals surface area contributed by atoms with Crippen LogP contribution in [0.3, 0.4) is 0 Å². The predicted octanol–water partition coefficient (Wildman–Crippen LogP) is 2.45. The molecule has 0 saturated carbocycles. The highest BCUT2D eigenvalue weighted by molar-refractivity contribution is 7.88. The molecule has 2 aromatic rings. The van der Waals surface area contributed by atoms with Gasteiger partial charge < -0.3 is 9.47 Å². The number of ether oxygens (including phenoxy) is 2. The van der Waals surface area contributed by atoms with Gasteiger partial charge in [0, 0.05) is 23.5 Å². The van der Waals surface area contributed by atoms with E-state index in [1.165, 1.54) is 6.26 Å². The molecule has 0 spiro atoms. The van der Waals surface area contributed by atoms with Crippen molar-refractivity contribution in [3.63, 3.8) is 0 Å². The molecule has 8 heteroatoms. The molecular weight excluding hydrogens is 360 g/mol. The summed E-state index contributed by atoms with van der Waals surface area (Å²) in [6.45, 7) is 3.44. The molecule has 6 nitrogen and oxygen atoms in total. The van der Waals surface area contributed by atoms with Crippen molar-refractivity contribution in [3.8, 4) is 17.0 Å². The Morgan fingerprint density at radius 2 is 2.12 bits per heavy atom. The molecule has 1 aromatic heterocycles. The Kier molecular flexibility index (Phi) is 5.73. The zero-order valence-electron chi connectivity index (χ0n) is 14.3. The Bertz CT molecular complexity index is 802. The molecule has 1 aromatic carbocycles. The summed E-state index contributed by atoms with van der Waals surface area (Å²) in [6, 6.07) is 7.56. The van der Waals surface area contributed by atoms with Gasteiger partial charge in [0.05, 0.1) is 36.2 Å². The Morgan fingerprint density at radius 3 is 2.76 bits per heavy atom. The maximum Gasteiger partial charge on any atom is 0.209 e. The second-order valence-electron chi connectivity index (χ2n) is 6.21. The zero-order chi connectivity index (χ0) is 17.9. The molecule has 0 amide bonds. The summed E-state index contributed by atoms with van der Waals surface area (Å²) in [6.07, 6.45) is 1.93. The predicted molar refractivity (Wildman–Crippen MR) is 98.5 cm³/mol. The molecule has 1 aliphatic rings. The third-order valence-electron chi connectivity index (χ3n) is 4.10. The van der Waals surface area contributed by atoms with Crippen molar-refractivity contribution in [1.29, 1.82) is 0 Å². The summed E-state index contributed by atoms with van der Waals surface area (Å²) in [5.41, 5.74) is 2.02. The van der Waals surface area contributed by atoms with E-state index in [0.717, 1.165) is 28.4 Å². The minimum Gasteiger partial charge on any atom is -0.493 e. The number of thiazole rings is 1. The first-order chi connectivity index (χ1) is 11.9. The monoisotopic (exact) mass is 382 g/mol. The average Bonchev–Trinajstić information content (AvgIpc) is 3.00. The van der Waals surface area contributed by atoms with Crippen LogP contribution in [0.2, 0.25) is 0 Å². The topological polar surface area (TPSA) is 77.5 Å². The third kappa shape index (κ3) is 5.24. The zero-order valence-corrected chi connectivity index (χ0v) is 15.9. The average molecular weight is 383 g/mol. The number of benzene rings is 1. The van der Waals surface area contributed by atoms with Gasteiger partial charge in [0.1, 0.15) is 5.75 Å². The van der Waals surface area contributed by atoms with Gasteiger partial charge in [-0.05, 0) is 37.6 Å². The van der Waals surface area contributed by atoms with Crippen molar-refractivity contribution in [2.24, 2.45) is 5.92 Å². The molecule has 0 radical (unpaired) electrons. The van der Waals surface area contributed by atoms with Crippen LogP contribution in [-0.4, -0.2) is 45.5 Å². The first-order valence-corrected chi connectivity index (χ1v) is 10.9. The lowest BCUT2D eigenvalue weighted by Gasteiger charge is -2.31. The Balaban J connectivity index is 1.60. The fourth-order valence-electron chi connectivity index (χ4n) is 2.81. The lowest BCUT2D eigenvalue weighted by Crippen LogP contribution is -2.48. The first kappa shape index (κ1) is 18.3. The summed E-state index contributed by atoms with van der Waals surface area (Å²) >= 11 is 1.63. The van der Waals surface area contributed by atoms with Crippen molar-refractivity contribution in [2.75, 3.05) is 26.1 Å². The van der Waals surface area contributed by atoms with Crippen LogP contribution in [0.25, 0.3) is 11.3 Å². The molecular formula is C17H22N2O4S2. The van der Waals surface area contributed by atoms with Gasteiger partial charge >= 0.3 is 0 Å². The van der Waals surface area contributed by atoms with Crippen molar-refractivity contribution in [1.82, 2.24) is 9.71 Å². The first-order valence-electron chi connectivity index (χ1n) is 8.11. The molecule has 1 aliphatic heterocycles. The van der Waals surface area contributed by atoms with E-state index in [-0.39, 0.29) is 12.0 Å². The van der Waals surface area contributed by atoms with Gasteiger partial charge in [-0.1, -0.05) is 0 Å². The summed E-state index contributed by atoms with van der Waals surface area (Å²) < 4.78 is 36.9. The normalized spacial score (nSPS) is 21.2. The van der Waals surface area contributed by atoms with Crippen LogP contribution >= 0.6 is 11.3 Å². The molecule has 0 bridgehead atoms. The molecule has 136 valence electrons. The Labute approximate surface area is 152 Å². The van der Waals surface area contributed by atoms with Gasteiger partial charge in [-0.3, -0.25) is 0 Å². The van der Waals surface area contributed by atoms with Crippen molar-refractivity contribution < 1.29 is 17.9 Å². The van der Waals surface area contributed by atoms with Gasteiger partial charge in [-0.25, -0.2) is 18.1 Å². The molecule has 1 saturated heterocycles. The van der Waals surface area contributed by atoms with Crippen molar-refractivity contribution in [3.05, 3.63) is 34.7 Å². The molecule has 2 atom stereocenters. The van der Waals surface area contributed by atoms with E-state index in [4.69, 9.17) is 9.47 Å². The van der Waals surface area contributed by atoms with E-state index in [1.54, 1.807) is 11.3 Å². The van der Waals surface area contributed by atoms with Crippen LogP contribution in [0.5, 0.6) is 5.75 Å². The highest BCUT2D eigenvalue weighted by Gasteiger charge is 2.28. The van der Waals surface area contributed by atoms with E-state index in [0.29, 0.717) is 19.8 Å².